The second-order valence-electron chi connectivity index (χ2n) is 11.4. The van der Waals surface area contributed by atoms with E-state index in [1.54, 1.807) is 24.3 Å². The molecule has 2 heterocycles. The van der Waals surface area contributed by atoms with Crippen molar-refractivity contribution in [1.82, 2.24) is 14.3 Å². The summed E-state index contributed by atoms with van der Waals surface area (Å²) >= 11 is 0. The van der Waals surface area contributed by atoms with Gasteiger partial charge in [0, 0.05) is 38.3 Å². The van der Waals surface area contributed by atoms with Crippen molar-refractivity contribution >= 4 is 30.8 Å². The number of ether oxygens (including phenoxy) is 2. The quantitative estimate of drug-likeness (QED) is 0.234. The first-order chi connectivity index (χ1) is 20.5. The van der Waals surface area contributed by atoms with Crippen LogP contribution in [0.15, 0.2) is 76.5 Å². The van der Waals surface area contributed by atoms with Crippen molar-refractivity contribution in [3.63, 3.8) is 0 Å². The summed E-state index contributed by atoms with van der Waals surface area (Å²) in [6, 6.07) is 18.9. The van der Waals surface area contributed by atoms with E-state index in [4.69, 9.17) is 9.47 Å². The van der Waals surface area contributed by atoms with Crippen molar-refractivity contribution in [3.05, 3.63) is 66.7 Å². The van der Waals surface area contributed by atoms with Gasteiger partial charge in [0.1, 0.15) is 18.5 Å². The summed E-state index contributed by atoms with van der Waals surface area (Å²) in [6.07, 6.45) is 0.231. The minimum Gasteiger partial charge on any atom is -0.491 e. The molecule has 0 radical (unpaired) electrons. The van der Waals surface area contributed by atoms with Gasteiger partial charge in [-0.2, -0.15) is 4.31 Å². The molecule has 0 aliphatic carbocycles. The molecule has 2 aliphatic rings. The Balaban J connectivity index is 1.07. The Labute approximate surface area is 252 Å². The lowest BCUT2D eigenvalue weighted by Gasteiger charge is -2.38. The number of aliphatic hydroxyl groups is 2. The fraction of sp³-hybridized carbons (Fsp3) is 0.467. The van der Waals surface area contributed by atoms with E-state index in [0.717, 1.165) is 10.8 Å². The molecule has 4 N–H and O–H groups in total. The van der Waals surface area contributed by atoms with Gasteiger partial charge in [-0.3, -0.25) is 0 Å². The molecular weight excluding hydrogens is 594 g/mol. The van der Waals surface area contributed by atoms with Crippen LogP contribution in [0.3, 0.4) is 0 Å². The summed E-state index contributed by atoms with van der Waals surface area (Å²) in [5.41, 5.74) is -0.400. The molecule has 3 aromatic carbocycles. The van der Waals surface area contributed by atoms with Gasteiger partial charge in [-0.25, -0.2) is 21.6 Å². The molecule has 0 amide bonds. The molecule has 0 bridgehead atoms. The third-order valence-electron chi connectivity index (χ3n) is 7.97. The highest BCUT2D eigenvalue weighted by atomic mass is 32.2. The molecule has 1 spiro atoms. The maximum atomic E-state index is 13.4. The maximum Gasteiger partial charge on any atom is 0.243 e. The summed E-state index contributed by atoms with van der Waals surface area (Å²) in [6.45, 7) is 2.80. The van der Waals surface area contributed by atoms with E-state index >= 15 is 0 Å². The zero-order chi connectivity index (χ0) is 30.7. The molecule has 2 unspecified atom stereocenters. The minimum atomic E-state index is -3.80. The molecule has 2 fully saturated rings. The Morgan fingerprint density at radius 2 is 1.70 bits per heavy atom. The van der Waals surface area contributed by atoms with Gasteiger partial charge >= 0.3 is 0 Å². The zero-order valence-electron chi connectivity index (χ0n) is 24.1. The molecule has 2 aliphatic heterocycles. The molecule has 234 valence electrons. The predicted octanol–water partition coefficient (Wildman–Crippen LogP) is 1.84. The first-order valence-corrected chi connectivity index (χ1v) is 17.3. The van der Waals surface area contributed by atoms with Gasteiger partial charge in [-0.05, 0) is 61.2 Å². The molecular formula is C30H39N3O8S2. The fourth-order valence-electron chi connectivity index (χ4n) is 5.53. The van der Waals surface area contributed by atoms with E-state index in [9.17, 15) is 27.0 Å². The van der Waals surface area contributed by atoms with Crippen LogP contribution < -0.4 is 14.8 Å². The number of nitrogens with one attached hydrogen (secondary N) is 2. The van der Waals surface area contributed by atoms with E-state index in [2.05, 4.69) is 10.0 Å². The first kappa shape index (κ1) is 31.8. The summed E-state index contributed by atoms with van der Waals surface area (Å²) < 4.78 is 67.2. The van der Waals surface area contributed by atoms with Crippen molar-refractivity contribution in [1.29, 1.82) is 0 Å². The molecule has 3 aromatic rings. The van der Waals surface area contributed by atoms with Crippen molar-refractivity contribution in [2.75, 3.05) is 39.4 Å². The summed E-state index contributed by atoms with van der Waals surface area (Å²) in [4.78, 5) is 0.300. The topological polar surface area (TPSA) is 154 Å². The molecule has 11 nitrogen and oxygen atoms in total. The van der Waals surface area contributed by atoms with Gasteiger partial charge in [0.15, 0.2) is 0 Å². The van der Waals surface area contributed by atoms with Crippen LogP contribution in [0.4, 0.5) is 0 Å². The maximum absolute atomic E-state index is 13.4. The average molecular weight is 634 g/mol. The van der Waals surface area contributed by atoms with Crippen molar-refractivity contribution in [3.8, 4) is 5.75 Å². The van der Waals surface area contributed by atoms with E-state index in [1.807, 2.05) is 30.3 Å². The molecule has 3 atom stereocenters. The Kier molecular flexibility index (Phi) is 9.73. The molecule has 2 saturated heterocycles. The summed E-state index contributed by atoms with van der Waals surface area (Å²) in [5, 5.41) is 25.0. The highest BCUT2D eigenvalue weighted by Gasteiger charge is 2.44. The number of sulfonamides is 2. The smallest absolute Gasteiger partial charge is 0.243 e. The Hall–Kier alpha value is -2.62. The minimum absolute atomic E-state index is 0.00257. The van der Waals surface area contributed by atoms with Crippen molar-refractivity contribution in [2.45, 2.75) is 59.8 Å². The third-order valence-corrected chi connectivity index (χ3v) is 11.3. The third kappa shape index (κ3) is 7.73. The van der Waals surface area contributed by atoms with Crippen LogP contribution in [0.25, 0.3) is 10.8 Å². The van der Waals surface area contributed by atoms with Gasteiger partial charge in [0.25, 0.3) is 0 Å². The second kappa shape index (κ2) is 13.2. The van der Waals surface area contributed by atoms with Crippen molar-refractivity contribution in [2.24, 2.45) is 0 Å². The fourth-order valence-corrected chi connectivity index (χ4v) is 8.17. The molecule has 0 saturated carbocycles. The Morgan fingerprint density at radius 1 is 0.953 bits per heavy atom. The first-order valence-electron chi connectivity index (χ1n) is 14.4. The zero-order valence-corrected chi connectivity index (χ0v) is 25.7. The number of aliphatic hydroxyl groups excluding tert-OH is 2. The van der Waals surface area contributed by atoms with Gasteiger partial charge < -0.3 is 25.0 Å². The lowest BCUT2D eigenvalue weighted by Crippen LogP contribution is -2.47. The van der Waals surface area contributed by atoms with E-state index in [0.29, 0.717) is 49.6 Å². The number of hydrogen-bond donors (Lipinski definition) is 4. The van der Waals surface area contributed by atoms with E-state index in [1.165, 1.54) is 23.4 Å². The summed E-state index contributed by atoms with van der Waals surface area (Å²) in [7, 11) is -7.41. The largest absolute Gasteiger partial charge is 0.491 e. The van der Waals surface area contributed by atoms with Gasteiger partial charge in [-0.1, -0.05) is 36.4 Å². The normalized spacial score (nSPS) is 20.8. The van der Waals surface area contributed by atoms with E-state index in [-0.39, 0.29) is 30.6 Å². The van der Waals surface area contributed by atoms with Gasteiger partial charge in [0.2, 0.25) is 20.0 Å². The predicted molar refractivity (Wildman–Crippen MR) is 162 cm³/mol. The number of piperidine rings is 1. The molecule has 0 aromatic heterocycles. The van der Waals surface area contributed by atoms with Gasteiger partial charge in [0.05, 0.1) is 28.1 Å². The van der Waals surface area contributed by atoms with E-state index < -0.39 is 37.9 Å². The highest BCUT2D eigenvalue weighted by Crippen LogP contribution is 2.37. The van der Waals surface area contributed by atoms with Gasteiger partial charge in [-0.15, -0.1) is 0 Å². The number of nitrogens with zero attached hydrogens (tertiary/aromatic N) is 1. The van der Waals surface area contributed by atoms with Crippen molar-refractivity contribution < 1.29 is 36.5 Å². The molecule has 13 heteroatoms. The molecule has 43 heavy (non-hydrogen) atoms. The van der Waals surface area contributed by atoms with Crippen LogP contribution in [-0.2, 0) is 24.8 Å². The van der Waals surface area contributed by atoms with Crippen LogP contribution >= 0.6 is 0 Å². The lowest BCUT2D eigenvalue weighted by atomic mass is 9.88. The highest BCUT2D eigenvalue weighted by molar-refractivity contribution is 7.89. The number of rotatable bonds is 12. The van der Waals surface area contributed by atoms with Crippen LogP contribution in [0.2, 0.25) is 0 Å². The van der Waals surface area contributed by atoms with Crippen LogP contribution in [0, 0.1) is 0 Å². The lowest BCUT2D eigenvalue weighted by molar-refractivity contribution is -0.0312. The van der Waals surface area contributed by atoms with Crippen LogP contribution in [0.5, 0.6) is 5.75 Å². The number of fused-ring (bicyclic) bond motifs is 1. The van der Waals surface area contributed by atoms with Crippen LogP contribution in [0.1, 0.15) is 26.2 Å². The molecule has 5 rings (SSSR count). The average Bonchev–Trinajstić information content (AvgIpc) is 3.40. The standard InChI is InChI=1S/C30H39N3O8S2/c1-22(34)18-32-42(36,37)28-8-4-7-27(16-28)40-21-26(35)19-31-25-17-30(41-20-25)11-13-33(14-12-30)43(38,39)29-10-9-23-5-2-3-6-24(23)15-29/h2-10,15-16,22,25-26,31-32,34-35H,11-14,17-21H2,1H3/t22?,25?,26-/m0/s1. The number of benzene rings is 3. The summed E-state index contributed by atoms with van der Waals surface area (Å²) in [5.74, 6) is 0.299. The Morgan fingerprint density at radius 3 is 2.44 bits per heavy atom. The Bertz CT molecular complexity index is 1620. The number of hydrogen-bond acceptors (Lipinski definition) is 9. The second-order valence-corrected chi connectivity index (χ2v) is 15.1. The SMILES string of the molecule is CC(O)CNS(=O)(=O)c1cccc(OC[C@@H](O)CNC2COC3(CCN(S(=O)(=O)c4ccc5ccccc5c4)CC3)C2)c1. The van der Waals surface area contributed by atoms with Crippen LogP contribution in [-0.4, -0.2) is 94.6 Å². The monoisotopic (exact) mass is 633 g/mol.